The number of rotatable bonds is 9. The lowest BCUT2D eigenvalue weighted by Crippen LogP contribution is -2.49. The molecule has 0 radical (unpaired) electrons. The van der Waals surface area contributed by atoms with Crippen molar-refractivity contribution in [2.75, 3.05) is 35.2 Å². The Kier molecular flexibility index (Phi) is 11.2. The Morgan fingerprint density at radius 3 is 2.43 bits per heavy atom. The van der Waals surface area contributed by atoms with Gasteiger partial charge in [-0.25, -0.2) is 19.0 Å². The van der Waals surface area contributed by atoms with Crippen molar-refractivity contribution < 1.29 is 33.4 Å². The van der Waals surface area contributed by atoms with Crippen LogP contribution in [0.15, 0.2) is 48.9 Å². The maximum atomic E-state index is 13.8. The molecule has 2 aromatic heterocycles. The van der Waals surface area contributed by atoms with Crippen LogP contribution in [-0.2, 0) is 20.8 Å². The largest absolute Gasteiger partial charge is 0.444 e. The van der Waals surface area contributed by atoms with E-state index in [-0.39, 0.29) is 24.9 Å². The van der Waals surface area contributed by atoms with Gasteiger partial charge >= 0.3 is 12.2 Å². The number of nitrogens with one attached hydrogen (secondary N) is 2. The van der Waals surface area contributed by atoms with Crippen molar-refractivity contribution in [3.63, 3.8) is 0 Å². The molecule has 4 rings (SSSR count). The van der Waals surface area contributed by atoms with Crippen molar-refractivity contribution in [2.24, 2.45) is 5.92 Å². The lowest BCUT2D eigenvalue weighted by molar-refractivity contribution is -0.114. The highest BCUT2D eigenvalue weighted by atomic mass is 19.1. The van der Waals surface area contributed by atoms with Gasteiger partial charge in [-0.2, -0.15) is 9.61 Å². The maximum Gasteiger partial charge on any atom is 0.416 e. The molecule has 1 saturated heterocycles. The van der Waals surface area contributed by atoms with E-state index < -0.39 is 41.2 Å². The SMILES string of the molecule is C=C(F)C(=O)Nc1cccc(CN(C(=O)OC(C)(C)C)c2cc(NC[C@H]3CCN(C(=O)OC(C)(C)C)C[C@@H]3O)nc3c(C(C)C)cnn23)c1. The Morgan fingerprint density at radius 1 is 1.12 bits per heavy atom. The number of aromatic nitrogens is 3. The number of hydrogen-bond donors (Lipinski definition) is 3. The molecule has 3 amide bonds. The van der Waals surface area contributed by atoms with Crippen molar-refractivity contribution in [3.8, 4) is 0 Å². The van der Waals surface area contributed by atoms with E-state index in [9.17, 15) is 23.9 Å². The van der Waals surface area contributed by atoms with Gasteiger partial charge < -0.3 is 30.1 Å². The topological polar surface area (TPSA) is 151 Å². The van der Waals surface area contributed by atoms with Crippen molar-refractivity contribution in [2.45, 2.75) is 91.6 Å². The fraction of sp³-hybridized carbons (Fsp3) is 0.514. The van der Waals surface area contributed by atoms with Crippen molar-refractivity contribution in [3.05, 3.63) is 60.1 Å². The number of carbonyl (C=O) groups is 3. The van der Waals surface area contributed by atoms with Crippen molar-refractivity contribution in [1.82, 2.24) is 19.5 Å². The summed E-state index contributed by atoms with van der Waals surface area (Å²) in [5.41, 5.74) is 0.871. The molecular weight excluding hydrogens is 633 g/mol. The van der Waals surface area contributed by atoms with Gasteiger partial charge in [-0.1, -0.05) is 32.6 Å². The number of benzene rings is 1. The summed E-state index contributed by atoms with van der Waals surface area (Å²) in [6, 6.07) is 8.36. The van der Waals surface area contributed by atoms with Gasteiger partial charge in [0.05, 0.1) is 25.4 Å². The Morgan fingerprint density at radius 2 is 1.82 bits per heavy atom. The molecule has 3 heterocycles. The summed E-state index contributed by atoms with van der Waals surface area (Å²) < 4.78 is 26.3. The molecule has 0 unspecified atom stereocenters. The van der Waals surface area contributed by atoms with Crippen LogP contribution in [-0.4, -0.2) is 79.6 Å². The number of carbonyl (C=O) groups excluding carboxylic acids is 3. The lowest BCUT2D eigenvalue weighted by atomic mass is 9.94. The molecule has 3 N–H and O–H groups in total. The lowest BCUT2D eigenvalue weighted by Gasteiger charge is -2.36. The highest BCUT2D eigenvalue weighted by Crippen LogP contribution is 2.30. The van der Waals surface area contributed by atoms with Crippen molar-refractivity contribution in [1.29, 1.82) is 0 Å². The minimum Gasteiger partial charge on any atom is -0.444 e. The van der Waals surface area contributed by atoms with Crippen LogP contribution >= 0.6 is 0 Å². The minimum atomic E-state index is -1.12. The van der Waals surface area contributed by atoms with E-state index >= 15 is 0 Å². The van der Waals surface area contributed by atoms with E-state index in [0.717, 1.165) is 5.56 Å². The third-order valence-corrected chi connectivity index (χ3v) is 7.68. The highest BCUT2D eigenvalue weighted by molar-refractivity contribution is 6.01. The van der Waals surface area contributed by atoms with Crippen LogP contribution in [0.2, 0.25) is 0 Å². The van der Waals surface area contributed by atoms with Crippen LogP contribution in [0.1, 0.15) is 78.9 Å². The molecule has 49 heavy (non-hydrogen) atoms. The van der Waals surface area contributed by atoms with Gasteiger partial charge in [0.25, 0.3) is 5.91 Å². The molecule has 266 valence electrons. The fourth-order valence-corrected chi connectivity index (χ4v) is 5.29. The van der Waals surface area contributed by atoms with Crippen LogP contribution in [0.25, 0.3) is 5.65 Å². The number of aliphatic hydroxyl groups excluding tert-OH is 1. The van der Waals surface area contributed by atoms with Gasteiger partial charge in [-0.15, -0.1) is 0 Å². The molecule has 13 nitrogen and oxygen atoms in total. The summed E-state index contributed by atoms with van der Waals surface area (Å²) in [5, 5.41) is 21.4. The summed E-state index contributed by atoms with van der Waals surface area (Å²) in [6.45, 7) is 18.7. The third kappa shape index (κ3) is 9.91. The van der Waals surface area contributed by atoms with Crippen LogP contribution < -0.4 is 15.5 Å². The third-order valence-electron chi connectivity index (χ3n) is 7.68. The summed E-state index contributed by atoms with van der Waals surface area (Å²) in [4.78, 5) is 46.1. The van der Waals surface area contributed by atoms with Gasteiger partial charge in [0.15, 0.2) is 11.5 Å². The first-order chi connectivity index (χ1) is 22.8. The first kappa shape index (κ1) is 37.1. The second-order valence-corrected chi connectivity index (χ2v) is 14.5. The predicted octanol–water partition coefficient (Wildman–Crippen LogP) is 6.25. The zero-order valence-corrected chi connectivity index (χ0v) is 29.5. The van der Waals surface area contributed by atoms with Gasteiger partial charge in [0, 0.05) is 36.3 Å². The van der Waals surface area contributed by atoms with E-state index in [0.29, 0.717) is 48.0 Å². The van der Waals surface area contributed by atoms with Crippen molar-refractivity contribution >= 4 is 41.1 Å². The molecule has 1 aliphatic rings. The number of aliphatic hydroxyl groups is 1. The molecule has 1 fully saturated rings. The van der Waals surface area contributed by atoms with Crippen LogP contribution in [0.4, 0.5) is 31.3 Å². The first-order valence-electron chi connectivity index (χ1n) is 16.3. The molecule has 0 spiro atoms. The maximum absolute atomic E-state index is 13.8. The molecular formula is C35H48FN7O6. The number of β-amino-alcohol motifs (C(OH)–C–C–N with tert-alkyl or cyclic N) is 1. The summed E-state index contributed by atoms with van der Waals surface area (Å²) in [5.74, 6) is -1.40. The van der Waals surface area contributed by atoms with Gasteiger partial charge in [0.2, 0.25) is 0 Å². The van der Waals surface area contributed by atoms with Gasteiger partial charge in [-0.3, -0.25) is 9.69 Å². The summed E-state index contributed by atoms with van der Waals surface area (Å²) in [7, 11) is 0. The minimum absolute atomic E-state index is 0.00641. The zero-order chi connectivity index (χ0) is 36.3. The Balaban J connectivity index is 1.66. The second kappa shape index (κ2) is 14.8. The molecule has 1 aromatic carbocycles. The summed E-state index contributed by atoms with van der Waals surface area (Å²) >= 11 is 0. The number of piperidine rings is 1. The van der Waals surface area contributed by atoms with E-state index in [4.69, 9.17) is 14.5 Å². The number of hydrogen-bond acceptors (Lipinski definition) is 9. The molecule has 1 aliphatic heterocycles. The average molecular weight is 682 g/mol. The van der Waals surface area contributed by atoms with Gasteiger partial charge in [-0.05, 0) is 71.6 Å². The second-order valence-electron chi connectivity index (χ2n) is 14.5. The first-order valence-corrected chi connectivity index (χ1v) is 16.3. The predicted molar refractivity (Wildman–Crippen MR) is 185 cm³/mol. The smallest absolute Gasteiger partial charge is 0.416 e. The quantitative estimate of drug-likeness (QED) is 0.223. The van der Waals surface area contributed by atoms with E-state index in [1.54, 1.807) is 82.6 Å². The monoisotopic (exact) mass is 681 g/mol. The number of anilines is 3. The molecule has 0 bridgehead atoms. The average Bonchev–Trinajstić information content (AvgIpc) is 3.42. The Hall–Kier alpha value is -4.72. The van der Waals surface area contributed by atoms with Crippen LogP contribution in [0.3, 0.4) is 0 Å². The van der Waals surface area contributed by atoms with Gasteiger partial charge in [0.1, 0.15) is 22.8 Å². The fourth-order valence-electron chi connectivity index (χ4n) is 5.29. The normalized spacial score (nSPS) is 16.8. The number of amides is 3. The molecule has 0 aliphatic carbocycles. The number of ether oxygens (including phenoxy) is 2. The molecule has 3 aromatic rings. The molecule has 14 heteroatoms. The summed E-state index contributed by atoms with van der Waals surface area (Å²) in [6.07, 6.45) is 0.352. The van der Waals surface area contributed by atoms with Crippen LogP contribution in [0.5, 0.6) is 0 Å². The van der Waals surface area contributed by atoms with E-state index in [1.165, 1.54) is 9.80 Å². The number of nitrogens with zero attached hydrogens (tertiary/aromatic N) is 5. The number of halogens is 1. The standard InChI is InChI=1S/C35H48FN7O6/c1-21(2)26-18-38-43-29(42(33(47)49-35(7,8)9)19-23-11-10-12-25(15-23)39-31(45)22(3)36)16-28(40-30(26)43)37-17-24-13-14-41(20-27(24)44)32(46)48-34(4,5)6/h10-12,15-16,18,21,24,27,44H,3,13-14,17,19-20H2,1-2,4-9H3,(H,37,40)(H,39,45)/t24-,27+/m1/s1. The molecule has 0 saturated carbocycles. The van der Waals surface area contributed by atoms with Crippen LogP contribution in [0, 0.1) is 5.92 Å². The number of fused-ring (bicyclic) bond motifs is 1. The van der Waals surface area contributed by atoms with E-state index in [2.05, 4.69) is 22.3 Å². The highest BCUT2D eigenvalue weighted by Gasteiger charge is 2.33. The van der Waals surface area contributed by atoms with E-state index in [1.807, 2.05) is 13.8 Å². The Bertz CT molecular complexity index is 1690. The molecule has 2 atom stereocenters. The number of likely N-dealkylation sites (tertiary alicyclic amines) is 1. The Labute approximate surface area is 286 Å². The zero-order valence-electron chi connectivity index (χ0n) is 29.5.